The normalized spacial score (nSPS) is 9.82. The van der Waals surface area contributed by atoms with Gasteiger partial charge in [-0.3, -0.25) is 4.79 Å². The van der Waals surface area contributed by atoms with Crippen molar-refractivity contribution >= 4 is 40.4 Å². The van der Waals surface area contributed by atoms with Crippen LogP contribution < -0.4 is 11.1 Å². The van der Waals surface area contributed by atoms with Crippen LogP contribution >= 0.6 is 23.8 Å². The van der Waals surface area contributed by atoms with Gasteiger partial charge in [0.2, 0.25) is 5.91 Å². The molecular formula is C11H14ClN3OS. The minimum atomic E-state index is -0.0283. The molecule has 3 N–H and O–H groups in total. The number of thiocarbonyl (C=S) groups is 1. The molecule has 92 valence electrons. The molecule has 1 aromatic carbocycles. The molecule has 0 heterocycles. The molecular weight excluding hydrogens is 258 g/mol. The van der Waals surface area contributed by atoms with E-state index in [0.717, 1.165) is 0 Å². The van der Waals surface area contributed by atoms with Gasteiger partial charge in [-0.15, -0.1) is 0 Å². The maximum Gasteiger partial charge on any atom is 0.241 e. The van der Waals surface area contributed by atoms with Crippen molar-refractivity contribution in [1.82, 2.24) is 4.90 Å². The number of nitrogens with one attached hydrogen (secondary N) is 1. The summed E-state index contributed by atoms with van der Waals surface area (Å²) in [7, 11) is 3.39. The number of likely N-dealkylation sites (N-methyl/N-ethyl adjacent to an activating group) is 1. The standard InChI is InChI=1S/C11H14ClN3OS/c1-15(2)10(16)6-14-9-4-3-7(11(13)17)5-8(9)12/h3-5,14H,6H2,1-2H3,(H2,13,17). The first-order valence-electron chi connectivity index (χ1n) is 4.95. The molecule has 0 aromatic heterocycles. The van der Waals surface area contributed by atoms with Gasteiger partial charge in [0.05, 0.1) is 17.3 Å². The fraction of sp³-hybridized carbons (Fsp3) is 0.273. The highest BCUT2D eigenvalue weighted by Gasteiger charge is 2.06. The van der Waals surface area contributed by atoms with Crippen LogP contribution in [0, 0.1) is 0 Å². The van der Waals surface area contributed by atoms with Crippen LogP contribution in [0.2, 0.25) is 5.02 Å². The Morgan fingerprint density at radius 1 is 1.53 bits per heavy atom. The highest BCUT2D eigenvalue weighted by Crippen LogP contribution is 2.22. The summed E-state index contributed by atoms with van der Waals surface area (Å²) < 4.78 is 0. The van der Waals surface area contributed by atoms with Gasteiger partial charge in [0.1, 0.15) is 4.99 Å². The molecule has 0 saturated carbocycles. The van der Waals surface area contributed by atoms with E-state index in [9.17, 15) is 4.79 Å². The van der Waals surface area contributed by atoms with Crippen LogP contribution in [0.25, 0.3) is 0 Å². The first-order chi connectivity index (χ1) is 7.91. The Balaban J connectivity index is 2.73. The summed E-state index contributed by atoms with van der Waals surface area (Å²) in [6.45, 7) is 0.194. The SMILES string of the molecule is CN(C)C(=O)CNc1ccc(C(N)=S)cc1Cl. The average molecular weight is 272 g/mol. The van der Waals surface area contributed by atoms with Crippen LogP contribution in [-0.4, -0.2) is 36.4 Å². The molecule has 6 heteroatoms. The van der Waals surface area contributed by atoms with E-state index < -0.39 is 0 Å². The number of nitrogens with zero attached hydrogens (tertiary/aromatic N) is 1. The first kappa shape index (κ1) is 13.7. The first-order valence-corrected chi connectivity index (χ1v) is 5.74. The van der Waals surface area contributed by atoms with E-state index >= 15 is 0 Å². The largest absolute Gasteiger partial charge is 0.389 e. The van der Waals surface area contributed by atoms with E-state index in [0.29, 0.717) is 21.3 Å². The van der Waals surface area contributed by atoms with Crippen LogP contribution in [0.1, 0.15) is 5.56 Å². The predicted octanol–water partition coefficient (Wildman–Crippen LogP) is 1.47. The van der Waals surface area contributed by atoms with Gasteiger partial charge in [-0.25, -0.2) is 0 Å². The van der Waals surface area contributed by atoms with Crippen molar-refractivity contribution in [2.24, 2.45) is 5.73 Å². The van der Waals surface area contributed by atoms with Crippen LogP contribution in [0.3, 0.4) is 0 Å². The molecule has 1 rings (SSSR count). The molecule has 0 aliphatic heterocycles. The molecule has 1 aromatic rings. The van der Waals surface area contributed by atoms with Crippen molar-refractivity contribution in [3.63, 3.8) is 0 Å². The third-order valence-electron chi connectivity index (χ3n) is 2.18. The average Bonchev–Trinajstić information content (AvgIpc) is 2.26. The number of hydrogen-bond donors (Lipinski definition) is 2. The lowest BCUT2D eigenvalue weighted by molar-refractivity contribution is -0.126. The van der Waals surface area contributed by atoms with Gasteiger partial charge in [0, 0.05) is 19.7 Å². The lowest BCUT2D eigenvalue weighted by atomic mass is 10.2. The van der Waals surface area contributed by atoms with Crippen molar-refractivity contribution in [2.75, 3.05) is 26.0 Å². The molecule has 0 atom stereocenters. The number of rotatable bonds is 4. The molecule has 0 aliphatic rings. The van der Waals surface area contributed by atoms with E-state index in [4.69, 9.17) is 29.6 Å². The monoisotopic (exact) mass is 271 g/mol. The summed E-state index contributed by atoms with van der Waals surface area (Å²) >= 11 is 10.9. The number of anilines is 1. The van der Waals surface area contributed by atoms with Gasteiger partial charge in [0.15, 0.2) is 0 Å². The van der Waals surface area contributed by atoms with Crippen molar-refractivity contribution in [1.29, 1.82) is 0 Å². The zero-order valence-electron chi connectivity index (χ0n) is 9.66. The molecule has 0 fully saturated rings. The zero-order valence-corrected chi connectivity index (χ0v) is 11.2. The number of carbonyl (C=O) groups is 1. The van der Waals surface area contributed by atoms with Crippen molar-refractivity contribution in [2.45, 2.75) is 0 Å². The summed E-state index contributed by atoms with van der Waals surface area (Å²) in [5, 5.41) is 3.44. The molecule has 1 amide bonds. The highest BCUT2D eigenvalue weighted by atomic mass is 35.5. The molecule has 4 nitrogen and oxygen atoms in total. The summed E-state index contributed by atoms with van der Waals surface area (Å²) in [4.78, 5) is 13.2. The Hall–Kier alpha value is -1.33. The Kier molecular flexibility index (Phi) is 4.72. The second-order valence-electron chi connectivity index (χ2n) is 3.70. The third-order valence-corrected chi connectivity index (χ3v) is 2.73. The molecule has 17 heavy (non-hydrogen) atoms. The van der Waals surface area contributed by atoms with Crippen LogP contribution in [0.5, 0.6) is 0 Å². The summed E-state index contributed by atoms with van der Waals surface area (Å²) in [6, 6.07) is 5.18. The second-order valence-corrected chi connectivity index (χ2v) is 4.55. The molecule has 0 aliphatic carbocycles. The van der Waals surface area contributed by atoms with Crippen LogP contribution in [-0.2, 0) is 4.79 Å². The second kappa shape index (κ2) is 5.84. The smallest absolute Gasteiger partial charge is 0.241 e. The molecule has 0 unspecified atom stereocenters. The number of amides is 1. The van der Waals surface area contributed by atoms with E-state index in [1.54, 1.807) is 32.3 Å². The molecule has 0 saturated heterocycles. The maximum atomic E-state index is 11.4. The maximum absolute atomic E-state index is 11.4. The minimum Gasteiger partial charge on any atom is -0.389 e. The minimum absolute atomic E-state index is 0.0283. The fourth-order valence-electron chi connectivity index (χ4n) is 1.14. The van der Waals surface area contributed by atoms with Gasteiger partial charge < -0.3 is 16.0 Å². The summed E-state index contributed by atoms with van der Waals surface area (Å²) in [5.74, 6) is -0.0283. The number of carbonyl (C=O) groups excluding carboxylic acids is 1. The van der Waals surface area contributed by atoms with E-state index in [-0.39, 0.29) is 12.5 Å². The van der Waals surface area contributed by atoms with Crippen LogP contribution in [0.15, 0.2) is 18.2 Å². The summed E-state index contributed by atoms with van der Waals surface area (Å²) in [5.41, 5.74) is 6.87. The Morgan fingerprint density at radius 3 is 2.65 bits per heavy atom. The van der Waals surface area contributed by atoms with Crippen molar-refractivity contribution < 1.29 is 4.79 Å². The van der Waals surface area contributed by atoms with Crippen LogP contribution in [0.4, 0.5) is 5.69 Å². The lowest BCUT2D eigenvalue weighted by Crippen LogP contribution is -2.28. The predicted molar refractivity (Wildman–Crippen MR) is 74.5 cm³/mol. The van der Waals surface area contributed by atoms with E-state index in [1.807, 2.05) is 0 Å². The molecule has 0 spiro atoms. The molecule has 0 bridgehead atoms. The molecule has 0 radical (unpaired) electrons. The number of nitrogens with two attached hydrogens (primary N) is 1. The fourth-order valence-corrected chi connectivity index (χ4v) is 1.52. The highest BCUT2D eigenvalue weighted by molar-refractivity contribution is 7.80. The van der Waals surface area contributed by atoms with E-state index in [2.05, 4.69) is 5.32 Å². The lowest BCUT2D eigenvalue weighted by Gasteiger charge is -2.13. The van der Waals surface area contributed by atoms with Gasteiger partial charge in [-0.1, -0.05) is 23.8 Å². The zero-order chi connectivity index (χ0) is 13.0. The number of hydrogen-bond acceptors (Lipinski definition) is 3. The van der Waals surface area contributed by atoms with E-state index in [1.165, 1.54) is 4.90 Å². The van der Waals surface area contributed by atoms with Gasteiger partial charge in [-0.2, -0.15) is 0 Å². The topological polar surface area (TPSA) is 58.4 Å². The van der Waals surface area contributed by atoms with Gasteiger partial charge in [0.25, 0.3) is 0 Å². The van der Waals surface area contributed by atoms with Crippen molar-refractivity contribution in [3.05, 3.63) is 28.8 Å². The van der Waals surface area contributed by atoms with Crippen molar-refractivity contribution in [3.8, 4) is 0 Å². The Labute approximate surface area is 111 Å². The number of benzene rings is 1. The Morgan fingerprint density at radius 2 is 2.18 bits per heavy atom. The van der Waals surface area contributed by atoms with Gasteiger partial charge in [-0.05, 0) is 18.2 Å². The summed E-state index contributed by atoms with van der Waals surface area (Å²) in [6.07, 6.45) is 0. The van der Waals surface area contributed by atoms with Gasteiger partial charge >= 0.3 is 0 Å². The number of halogens is 1. The third kappa shape index (κ3) is 3.87. The quantitative estimate of drug-likeness (QED) is 0.815. The Bertz CT molecular complexity index is 448.